The maximum Gasteiger partial charge on any atom is 0.388 e. The number of piperidine rings is 1. The van der Waals surface area contributed by atoms with Crippen LogP contribution in [0.5, 0.6) is 11.6 Å². The molecule has 1 aliphatic rings. The zero-order valence-corrected chi connectivity index (χ0v) is 15.1. The van der Waals surface area contributed by atoms with Crippen molar-refractivity contribution in [1.29, 1.82) is 0 Å². The van der Waals surface area contributed by atoms with E-state index in [0.717, 1.165) is 37.3 Å². The van der Waals surface area contributed by atoms with Crippen LogP contribution in [0.15, 0.2) is 36.8 Å². The first kappa shape index (κ1) is 20.1. The Morgan fingerprint density at radius 3 is 2.58 bits per heavy atom. The van der Waals surface area contributed by atoms with E-state index in [2.05, 4.69) is 24.9 Å². The summed E-state index contributed by atoms with van der Waals surface area (Å²) in [5.41, 5.74) is 1.60. The summed E-state index contributed by atoms with van der Waals surface area (Å²) in [7, 11) is 1.61. The van der Waals surface area contributed by atoms with Gasteiger partial charge in [-0.15, -0.1) is 12.4 Å². The van der Waals surface area contributed by atoms with E-state index in [-0.39, 0.29) is 24.3 Å². The highest BCUT2D eigenvalue weighted by Gasteiger charge is 2.25. The van der Waals surface area contributed by atoms with E-state index in [4.69, 9.17) is 4.74 Å². The summed E-state index contributed by atoms with van der Waals surface area (Å²) in [5.74, 6) is 0.587. The van der Waals surface area contributed by atoms with E-state index in [1.807, 2.05) is 0 Å². The van der Waals surface area contributed by atoms with E-state index >= 15 is 0 Å². The number of alkyl halides is 2. The van der Waals surface area contributed by atoms with Gasteiger partial charge in [0.25, 0.3) is 0 Å². The number of hydrogen-bond donors (Lipinski definition) is 1. The van der Waals surface area contributed by atoms with Crippen LogP contribution < -0.4 is 19.7 Å². The molecular weight excluding hydrogens is 366 g/mol. The van der Waals surface area contributed by atoms with Gasteiger partial charge in [-0.3, -0.25) is 4.98 Å². The first-order valence-corrected chi connectivity index (χ1v) is 8.08. The van der Waals surface area contributed by atoms with Crippen molar-refractivity contribution in [3.05, 3.63) is 36.8 Å². The van der Waals surface area contributed by atoms with Crippen LogP contribution in [0, 0.1) is 0 Å². The van der Waals surface area contributed by atoms with E-state index in [1.165, 1.54) is 12.3 Å². The van der Waals surface area contributed by atoms with E-state index in [0.29, 0.717) is 5.75 Å². The van der Waals surface area contributed by atoms with Crippen molar-refractivity contribution in [3.8, 4) is 11.6 Å². The predicted octanol–water partition coefficient (Wildman–Crippen LogP) is 3.40. The van der Waals surface area contributed by atoms with Crippen molar-refractivity contribution in [2.24, 2.45) is 0 Å². The molecule has 142 valence electrons. The molecule has 0 bridgehead atoms. The molecule has 6 nitrogen and oxygen atoms in total. The van der Waals surface area contributed by atoms with Crippen LogP contribution in [0.1, 0.15) is 12.8 Å². The number of rotatable bonds is 6. The number of nitrogens with zero attached hydrogens (tertiary/aromatic N) is 3. The third-order valence-electron chi connectivity index (χ3n) is 4.12. The van der Waals surface area contributed by atoms with Gasteiger partial charge < -0.3 is 19.7 Å². The molecule has 1 aliphatic heterocycles. The van der Waals surface area contributed by atoms with Crippen LogP contribution in [0.3, 0.4) is 0 Å². The lowest BCUT2D eigenvalue weighted by Crippen LogP contribution is -2.41. The molecule has 0 unspecified atom stereocenters. The molecule has 0 aliphatic carbocycles. The van der Waals surface area contributed by atoms with Gasteiger partial charge in [-0.25, -0.2) is 4.98 Å². The number of pyridine rings is 2. The Morgan fingerprint density at radius 2 is 1.96 bits per heavy atom. The van der Waals surface area contributed by atoms with Crippen LogP contribution in [0.4, 0.5) is 20.2 Å². The van der Waals surface area contributed by atoms with Gasteiger partial charge in [-0.2, -0.15) is 8.78 Å². The molecule has 0 aromatic carbocycles. The molecule has 0 spiro atoms. The van der Waals surface area contributed by atoms with Gasteiger partial charge in [-0.05, 0) is 32.0 Å². The lowest BCUT2D eigenvalue weighted by Gasteiger charge is -2.36. The second-order valence-corrected chi connectivity index (χ2v) is 5.63. The normalized spacial score (nSPS) is 14.6. The molecule has 0 saturated carbocycles. The quantitative estimate of drug-likeness (QED) is 0.821. The summed E-state index contributed by atoms with van der Waals surface area (Å²) in [5, 5.41) is 3.34. The third kappa shape index (κ3) is 4.70. The Bertz CT molecular complexity index is 685. The number of halogens is 3. The van der Waals surface area contributed by atoms with Crippen LogP contribution in [0.2, 0.25) is 0 Å². The maximum absolute atomic E-state index is 12.3. The molecule has 1 fully saturated rings. The molecular formula is C17H21ClF2N4O2. The molecule has 0 radical (unpaired) electrons. The van der Waals surface area contributed by atoms with Crippen molar-refractivity contribution < 1.29 is 18.3 Å². The summed E-state index contributed by atoms with van der Waals surface area (Å²) in [6.45, 7) is -1.08. The summed E-state index contributed by atoms with van der Waals surface area (Å²) in [6.07, 6.45) is 6.82. The number of anilines is 2. The Kier molecular flexibility index (Phi) is 7.35. The minimum Gasteiger partial charge on any atom is -0.494 e. The average molecular weight is 387 g/mol. The largest absolute Gasteiger partial charge is 0.494 e. The van der Waals surface area contributed by atoms with Crippen LogP contribution in [0.25, 0.3) is 0 Å². The van der Waals surface area contributed by atoms with Crippen molar-refractivity contribution in [1.82, 2.24) is 15.3 Å². The summed E-state index contributed by atoms with van der Waals surface area (Å²) in [4.78, 5) is 10.3. The minimum atomic E-state index is -2.89. The zero-order valence-electron chi connectivity index (χ0n) is 14.3. The third-order valence-corrected chi connectivity index (χ3v) is 4.12. The molecule has 26 heavy (non-hydrogen) atoms. The smallest absolute Gasteiger partial charge is 0.388 e. The Hall–Kier alpha value is -2.19. The van der Waals surface area contributed by atoms with Crippen LogP contribution in [-0.4, -0.2) is 42.8 Å². The van der Waals surface area contributed by atoms with Gasteiger partial charge in [-0.1, -0.05) is 0 Å². The van der Waals surface area contributed by atoms with E-state index < -0.39 is 6.61 Å². The number of aromatic nitrogens is 2. The van der Waals surface area contributed by atoms with E-state index in [9.17, 15) is 8.78 Å². The first-order valence-electron chi connectivity index (χ1n) is 8.08. The molecule has 2 aromatic heterocycles. The van der Waals surface area contributed by atoms with Crippen LogP contribution >= 0.6 is 12.4 Å². The summed E-state index contributed by atoms with van der Waals surface area (Å²) < 4.78 is 34.5. The van der Waals surface area contributed by atoms with Crippen LogP contribution in [-0.2, 0) is 0 Å². The molecule has 1 N–H and O–H groups in total. The Labute approximate surface area is 156 Å². The minimum absolute atomic E-state index is 0. The standard InChI is InChI=1S/C17H20F2N4O2.ClH/c1-24-15-6-9-21-11-14(15)23(12-4-7-20-8-5-12)13-2-3-16(22-10-13)25-17(18)19;/h2-3,6,9-12,17,20H,4-5,7-8H2,1H3;1H. The fourth-order valence-corrected chi connectivity index (χ4v) is 3.01. The van der Waals surface area contributed by atoms with E-state index in [1.54, 1.807) is 31.6 Å². The lowest BCUT2D eigenvalue weighted by molar-refractivity contribution is -0.0528. The monoisotopic (exact) mass is 386 g/mol. The molecule has 9 heteroatoms. The average Bonchev–Trinajstić information content (AvgIpc) is 2.64. The number of ether oxygens (including phenoxy) is 2. The highest BCUT2D eigenvalue weighted by Crippen LogP contribution is 2.36. The fourth-order valence-electron chi connectivity index (χ4n) is 3.01. The summed E-state index contributed by atoms with van der Waals surface area (Å²) in [6, 6.07) is 5.19. The number of methoxy groups -OCH3 is 1. The van der Waals surface area contributed by atoms with Gasteiger partial charge in [0.1, 0.15) is 11.4 Å². The predicted molar refractivity (Wildman–Crippen MR) is 96.9 cm³/mol. The molecule has 1 saturated heterocycles. The van der Waals surface area contributed by atoms with Crippen molar-refractivity contribution >= 4 is 23.8 Å². The lowest BCUT2D eigenvalue weighted by atomic mass is 10.0. The molecule has 3 rings (SSSR count). The molecule has 0 amide bonds. The fraction of sp³-hybridized carbons (Fsp3) is 0.412. The highest BCUT2D eigenvalue weighted by molar-refractivity contribution is 5.85. The Balaban J connectivity index is 0.00000243. The first-order chi connectivity index (χ1) is 12.2. The van der Waals surface area contributed by atoms with Gasteiger partial charge >= 0.3 is 6.61 Å². The molecule has 2 aromatic rings. The number of nitrogens with one attached hydrogen (secondary N) is 1. The maximum atomic E-state index is 12.3. The topological polar surface area (TPSA) is 59.5 Å². The summed E-state index contributed by atoms with van der Waals surface area (Å²) >= 11 is 0. The highest BCUT2D eigenvalue weighted by atomic mass is 35.5. The second-order valence-electron chi connectivity index (χ2n) is 5.63. The Morgan fingerprint density at radius 1 is 1.19 bits per heavy atom. The second kappa shape index (κ2) is 9.49. The number of hydrogen-bond acceptors (Lipinski definition) is 6. The van der Waals surface area contributed by atoms with Crippen molar-refractivity contribution in [2.75, 3.05) is 25.1 Å². The van der Waals surface area contributed by atoms with Crippen molar-refractivity contribution in [3.63, 3.8) is 0 Å². The van der Waals surface area contributed by atoms with Gasteiger partial charge in [0, 0.05) is 24.4 Å². The van der Waals surface area contributed by atoms with Crippen molar-refractivity contribution in [2.45, 2.75) is 25.5 Å². The van der Waals surface area contributed by atoms with Gasteiger partial charge in [0.05, 0.1) is 25.2 Å². The SMILES string of the molecule is COc1ccncc1N(c1ccc(OC(F)F)nc1)C1CCNCC1.Cl. The zero-order chi connectivity index (χ0) is 17.6. The molecule has 3 heterocycles. The van der Waals surface area contributed by atoms with Gasteiger partial charge in [0.2, 0.25) is 5.88 Å². The molecule has 0 atom stereocenters. The van der Waals surface area contributed by atoms with Gasteiger partial charge in [0.15, 0.2) is 0 Å².